The van der Waals surface area contributed by atoms with Gasteiger partial charge in [0.2, 0.25) is 0 Å². The molecule has 0 aliphatic carbocycles. The van der Waals surface area contributed by atoms with Gasteiger partial charge < -0.3 is 20.1 Å². The minimum absolute atomic E-state index is 0.00152. The number of benzene rings is 1. The zero-order valence-electron chi connectivity index (χ0n) is 11.3. The molecule has 0 saturated heterocycles. The molecule has 0 fully saturated rings. The maximum Gasteiger partial charge on any atom is 0.343 e. The summed E-state index contributed by atoms with van der Waals surface area (Å²) in [6.45, 7) is 1.82. The average molecular weight is 311 g/mol. The first kappa shape index (κ1) is 15.3. The minimum atomic E-state index is -1.14. The molecule has 21 heavy (non-hydrogen) atoms. The molecule has 0 saturated carbocycles. The fourth-order valence-corrected chi connectivity index (χ4v) is 2.01. The number of aliphatic hydroxyl groups is 1. The van der Waals surface area contributed by atoms with E-state index in [-0.39, 0.29) is 29.8 Å². The lowest BCUT2D eigenvalue weighted by Crippen LogP contribution is -2.18. The highest BCUT2D eigenvalue weighted by atomic mass is 35.5. The van der Waals surface area contributed by atoms with E-state index in [1.807, 2.05) is 6.92 Å². The molecule has 1 aromatic carbocycles. The number of aromatic nitrogens is 1. The molecule has 6 nitrogen and oxygen atoms in total. The molecule has 0 amide bonds. The van der Waals surface area contributed by atoms with Gasteiger partial charge in [0.25, 0.3) is 0 Å². The normalized spacial score (nSPS) is 12.1. The Hall–Kier alpha value is -2.05. The van der Waals surface area contributed by atoms with E-state index < -0.39 is 5.97 Å². The second-order valence-electron chi connectivity index (χ2n) is 4.61. The Morgan fingerprint density at radius 3 is 2.67 bits per heavy atom. The van der Waals surface area contributed by atoms with Crippen LogP contribution < -0.4 is 5.32 Å². The highest BCUT2D eigenvalue weighted by molar-refractivity contribution is 6.30. The van der Waals surface area contributed by atoms with Crippen molar-refractivity contribution in [2.75, 3.05) is 11.9 Å². The maximum atomic E-state index is 11.5. The Balaban J connectivity index is 2.37. The van der Waals surface area contributed by atoms with Crippen molar-refractivity contribution in [3.63, 3.8) is 0 Å². The van der Waals surface area contributed by atoms with Crippen molar-refractivity contribution in [2.45, 2.75) is 19.4 Å². The molecule has 3 N–H and O–H groups in total. The number of halogens is 1. The van der Waals surface area contributed by atoms with Crippen LogP contribution >= 0.6 is 11.6 Å². The van der Waals surface area contributed by atoms with E-state index in [9.17, 15) is 9.90 Å². The number of anilines is 1. The molecule has 1 aromatic heterocycles. The molecule has 0 aliphatic rings. The Bertz CT molecular complexity index is 624. The van der Waals surface area contributed by atoms with Crippen molar-refractivity contribution in [2.24, 2.45) is 0 Å². The lowest BCUT2D eigenvalue weighted by atomic mass is 10.1. The summed E-state index contributed by atoms with van der Waals surface area (Å²) in [5.41, 5.74) is 0.536. The second-order valence-corrected chi connectivity index (χ2v) is 5.04. The first-order chi connectivity index (χ1) is 10.0. The summed E-state index contributed by atoms with van der Waals surface area (Å²) in [6.07, 6.45) is 0.474. The van der Waals surface area contributed by atoms with Crippen molar-refractivity contribution >= 4 is 23.4 Å². The quantitative estimate of drug-likeness (QED) is 0.759. The molecule has 1 heterocycles. The first-order valence-corrected chi connectivity index (χ1v) is 6.77. The molecule has 2 rings (SSSR count). The SMILES string of the molecule is CC(CCO)Nc1noc(-c2ccc(Cl)cc2)c1C(=O)O. The van der Waals surface area contributed by atoms with Gasteiger partial charge in [-0.2, -0.15) is 0 Å². The molecule has 0 radical (unpaired) electrons. The van der Waals surface area contributed by atoms with Gasteiger partial charge in [0.05, 0.1) is 0 Å². The lowest BCUT2D eigenvalue weighted by molar-refractivity contribution is 0.0698. The number of nitrogens with one attached hydrogen (secondary N) is 1. The number of aliphatic hydroxyl groups excluding tert-OH is 1. The van der Waals surface area contributed by atoms with Crippen molar-refractivity contribution in [3.05, 3.63) is 34.9 Å². The van der Waals surface area contributed by atoms with Crippen LogP contribution in [0.5, 0.6) is 0 Å². The molecule has 0 aliphatic heterocycles. The Labute approximate surface area is 126 Å². The third-order valence-electron chi connectivity index (χ3n) is 2.96. The zero-order chi connectivity index (χ0) is 15.4. The van der Waals surface area contributed by atoms with E-state index in [1.54, 1.807) is 24.3 Å². The van der Waals surface area contributed by atoms with Crippen LogP contribution in [0.15, 0.2) is 28.8 Å². The minimum Gasteiger partial charge on any atom is -0.477 e. The van der Waals surface area contributed by atoms with E-state index in [4.69, 9.17) is 21.2 Å². The van der Waals surface area contributed by atoms with Gasteiger partial charge in [-0.1, -0.05) is 16.8 Å². The highest BCUT2D eigenvalue weighted by Crippen LogP contribution is 2.30. The fraction of sp³-hybridized carbons (Fsp3) is 0.286. The molecule has 2 aromatic rings. The Morgan fingerprint density at radius 2 is 2.10 bits per heavy atom. The zero-order valence-corrected chi connectivity index (χ0v) is 12.1. The van der Waals surface area contributed by atoms with Crippen molar-refractivity contribution < 1.29 is 19.5 Å². The predicted molar refractivity (Wildman–Crippen MR) is 78.7 cm³/mol. The van der Waals surface area contributed by atoms with Gasteiger partial charge in [-0.3, -0.25) is 0 Å². The smallest absolute Gasteiger partial charge is 0.343 e. The summed E-state index contributed by atoms with van der Waals surface area (Å²) in [6, 6.07) is 6.49. The number of aromatic carboxylic acids is 1. The molecule has 1 unspecified atom stereocenters. The van der Waals surface area contributed by atoms with Gasteiger partial charge in [0.1, 0.15) is 0 Å². The van der Waals surface area contributed by atoms with Gasteiger partial charge >= 0.3 is 5.97 Å². The van der Waals surface area contributed by atoms with Crippen LogP contribution in [-0.2, 0) is 0 Å². The first-order valence-electron chi connectivity index (χ1n) is 6.39. The van der Waals surface area contributed by atoms with Crippen LogP contribution in [0, 0.1) is 0 Å². The monoisotopic (exact) mass is 310 g/mol. The van der Waals surface area contributed by atoms with Crippen LogP contribution in [0.2, 0.25) is 5.02 Å². The van der Waals surface area contributed by atoms with E-state index in [2.05, 4.69) is 10.5 Å². The summed E-state index contributed by atoms with van der Waals surface area (Å²) >= 11 is 5.81. The summed E-state index contributed by atoms with van der Waals surface area (Å²) in [5, 5.41) is 25.5. The Morgan fingerprint density at radius 1 is 1.43 bits per heavy atom. The molecule has 112 valence electrons. The number of carboxylic acid groups (broad SMARTS) is 1. The van der Waals surface area contributed by atoms with Crippen LogP contribution in [0.25, 0.3) is 11.3 Å². The number of rotatable bonds is 6. The van der Waals surface area contributed by atoms with Crippen LogP contribution in [0.4, 0.5) is 5.82 Å². The fourth-order valence-electron chi connectivity index (χ4n) is 1.88. The van der Waals surface area contributed by atoms with E-state index in [0.29, 0.717) is 17.0 Å². The number of hydrogen-bond donors (Lipinski definition) is 3. The third kappa shape index (κ3) is 3.53. The van der Waals surface area contributed by atoms with Crippen LogP contribution in [0.1, 0.15) is 23.7 Å². The number of nitrogens with zero attached hydrogens (tertiary/aromatic N) is 1. The van der Waals surface area contributed by atoms with E-state index in [0.717, 1.165) is 0 Å². The standard InChI is InChI=1S/C14H15ClN2O4/c1-8(6-7-18)16-13-11(14(19)20)12(21-17-13)9-2-4-10(15)5-3-9/h2-5,8,18H,6-7H2,1H3,(H,16,17)(H,19,20). The van der Waals surface area contributed by atoms with Gasteiger partial charge in [0, 0.05) is 23.2 Å². The third-order valence-corrected chi connectivity index (χ3v) is 3.21. The van der Waals surface area contributed by atoms with Gasteiger partial charge in [0.15, 0.2) is 17.1 Å². The van der Waals surface area contributed by atoms with Gasteiger partial charge in [-0.15, -0.1) is 0 Å². The van der Waals surface area contributed by atoms with Gasteiger partial charge in [-0.25, -0.2) is 4.79 Å². The van der Waals surface area contributed by atoms with E-state index >= 15 is 0 Å². The van der Waals surface area contributed by atoms with Crippen molar-refractivity contribution in [1.82, 2.24) is 5.16 Å². The molecule has 0 spiro atoms. The molecule has 1 atom stereocenters. The summed E-state index contributed by atoms with van der Waals surface area (Å²) in [5.74, 6) is -0.828. The maximum absolute atomic E-state index is 11.5. The van der Waals surface area contributed by atoms with Crippen LogP contribution in [0.3, 0.4) is 0 Å². The van der Waals surface area contributed by atoms with Crippen LogP contribution in [-0.4, -0.2) is 34.0 Å². The van der Waals surface area contributed by atoms with Crippen molar-refractivity contribution in [3.8, 4) is 11.3 Å². The predicted octanol–water partition coefficient (Wildman–Crippen LogP) is 2.88. The number of hydrogen-bond acceptors (Lipinski definition) is 5. The molecular formula is C14H15ClN2O4. The molecular weight excluding hydrogens is 296 g/mol. The summed E-state index contributed by atoms with van der Waals surface area (Å²) in [4.78, 5) is 11.5. The van der Waals surface area contributed by atoms with Crippen molar-refractivity contribution in [1.29, 1.82) is 0 Å². The summed E-state index contributed by atoms with van der Waals surface area (Å²) in [7, 11) is 0. The summed E-state index contributed by atoms with van der Waals surface area (Å²) < 4.78 is 5.16. The highest BCUT2D eigenvalue weighted by Gasteiger charge is 2.24. The number of carboxylic acids is 1. The second kappa shape index (κ2) is 6.60. The molecule has 7 heteroatoms. The Kier molecular flexibility index (Phi) is 4.82. The largest absolute Gasteiger partial charge is 0.477 e. The average Bonchev–Trinajstić information content (AvgIpc) is 2.83. The number of carbonyl (C=O) groups is 1. The molecule has 0 bridgehead atoms. The van der Waals surface area contributed by atoms with Gasteiger partial charge in [-0.05, 0) is 37.6 Å². The lowest BCUT2D eigenvalue weighted by Gasteiger charge is -2.11. The van der Waals surface area contributed by atoms with E-state index in [1.165, 1.54) is 0 Å². The topological polar surface area (TPSA) is 95.6 Å².